The van der Waals surface area contributed by atoms with Gasteiger partial charge < -0.3 is 14.2 Å². The minimum atomic E-state index is -0.804. The van der Waals surface area contributed by atoms with Gasteiger partial charge in [-0.1, -0.05) is 252 Å². The predicted octanol–water partition coefficient (Wildman–Crippen LogP) is 20.3. The molecule has 0 rings (SSSR count). The third-order valence-electron chi connectivity index (χ3n) is 12.5. The second-order valence-electron chi connectivity index (χ2n) is 19.5. The SMILES string of the molecule is CC/C=C\C/C=C\C/C=C\C/C=C\C/C=C\C/C=C\CCCCC(=O)OCC(COC(=O)CCCCCCCCCCCCCCCC)OC(=O)CCCCCCCC/C=C\C/C=C\C/C=C\CCCCC. The van der Waals surface area contributed by atoms with Crippen molar-refractivity contribution in [2.75, 3.05) is 13.2 Å². The summed E-state index contributed by atoms with van der Waals surface area (Å²) >= 11 is 0. The molecule has 0 aliphatic carbocycles. The summed E-state index contributed by atoms with van der Waals surface area (Å²) in [4.78, 5) is 38.2. The average molecular weight is 1000 g/mol. The van der Waals surface area contributed by atoms with Crippen LogP contribution < -0.4 is 0 Å². The van der Waals surface area contributed by atoms with E-state index in [1.165, 1.54) is 109 Å². The summed E-state index contributed by atoms with van der Waals surface area (Å²) in [6, 6.07) is 0. The summed E-state index contributed by atoms with van der Waals surface area (Å²) in [6.07, 6.45) is 80.8. The molecule has 72 heavy (non-hydrogen) atoms. The van der Waals surface area contributed by atoms with E-state index in [1.807, 2.05) is 0 Å². The van der Waals surface area contributed by atoms with Crippen molar-refractivity contribution < 1.29 is 28.6 Å². The Morgan fingerprint density at radius 1 is 0.292 bits per heavy atom. The molecule has 0 saturated carbocycles. The quantitative estimate of drug-likeness (QED) is 0.0261. The monoisotopic (exact) mass is 999 g/mol. The molecule has 0 aromatic rings. The number of ether oxygens (including phenoxy) is 3. The van der Waals surface area contributed by atoms with Gasteiger partial charge in [0.2, 0.25) is 0 Å². The molecule has 6 heteroatoms. The molecule has 1 atom stereocenters. The number of hydrogen-bond donors (Lipinski definition) is 0. The summed E-state index contributed by atoms with van der Waals surface area (Å²) in [7, 11) is 0. The first-order valence-electron chi connectivity index (χ1n) is 29.9. The first kappa shape index (κ1) is 68.1. The lowest BCUT2D eigenvalue weighted by Gasteiger charge is -2.18. The van der Waals surface area contributed by atoms with Gasteiger partial charge in [0, 0.05) is 19.3 Å². The minimum Gasteiger partial charge on any atom is -0.462 e. The number of unbranched alkanes of at least 4 members (excludes halogenated alkanes) is 24. The zero-order chi connectivity index (χ0) is 52.2. The molecule has 0 aliphatic heterocycles. The van der Waals surface area contributed by atoms with Gasteiger partial charge in [0.25, 0.3) is 0 Å². The normalized spacial score (nSPS) is 12.9. The summed E-state index contributed by atoms with van der Waals surface area (Å²) in [5.74, 6) is -0.950. The van der Waals surface area contributed by atoms with Crippen LogP contribution in [0.3, 0.4) is 0 Å². The van der Waals surface area contributed by atoms with E-state index in [0.717, 1.165) is 122 Å². The van der Waals surface area contributed by atoms with Crippen LogP contribution in [0.15, 0.2) is 109 Å². The molecule has 6 nitrogen and oxygen atoms in total. The zero-order valence-corrected chi connectivity index (χ0v) is 46.9. The van der Waals surface area contributed by atoms with Gasteiger partial charge >= 0.3 is 17.9 Å². The fourth-order valence-corrected chi connectivity index (χ4v) is 8.04. The first-order valence-corrected chi connectivity index (χ1v) is 29.9. The van der Waals surface area contributed by atoms with Crippen LogP contribution in [-0.2, 0) is 28.6 Å². The molecule has 0 heterocycles. The van der Waals surface area contributed by atoms with Gasteiger partial charge in [-0.15, -0.1) is 0 Å². The van der Waals surface area contributed by atoms with E-state index >= 15 is 0 Å². The summed E-state index contributed by atoms with van der Waals surface area (Å²) in [6.45, 7) is 6.46. The topological polar surface area (TPSA) is 78.9 Å². The molecule has 410 valence electrons. The zero-order valence-electron chi connectivity index (χ0n) is 46.9. The number of hydrogen-bond acceptors (Lipinski definition) is 6. The highest BCUT2D eigenvalue weighted by Gasteiger charge is 2.19. The van der Waals surface area contributed by atoms with Crippen LogP contribution in [0.2, 0.25) is 0 Å². The standard InChI is InChI=1S/C66H110O6/c1-4-7-10-13-16-19-22-25-28-30-32-33-35-36-38-41-44-47-50-53-56-59-65(68)71-62-63(61-70-64(67)58-55-52-49-46-43-40-27-24-21-18-15-12-9-6-3)72-66(69)60-57-54-51-48-45-42-39-37-34-31-29-26-23-20-17-14-11-8-5-2/h7,10,16-17,19-20,25-26,28-29,32-34,36-38,44,47,63H,4-6,8-9,11-15,18,21-24,27,30-31,35,39-43,45-46,48-62H2,1-3H3/b10-7-,19-16-,20-17-,28-25-,29-26-,33-32-,37-34-,38-36-,47-44-. The van der Waals surface area contributed by atoms with E-state index in [9.17, 15) is 14.4 Å². The molecule has 1 unspecified atom stereocenters. The highest BCUT2D eigenvalue weighted by atomic mass is 16.6. The van der Waals surface area contributed by atoms with Gasteiger partial charge in [-0.05, 0) is 109 Å². The van der Waals surface area contributed by atoms with Crippen molar-refractivity contribution in [2.24, 2.45) is 0 Å². The Balaban J connectivity index is 4.49. The number of rotatable bonds is 53. The average Bonchev–Trinajstić information content (AvgIpc) is 3.38. The van der Waals surface area contributed by atoms with Crippen molar-refractivity contribution in [1.82, 2.24) is 0 Å². The van der Waals surface area contributed by atoms with Crippen molar-refractivity contribution in [3.8, 4) is 0 Å². The predicted molar refractivity (Wildman–Crippen MR) is 311 cm³/mol. The van der Waals surface area contributed by atoms with Crippen LogP contribution in [0.4, 0.5) is 0 Å². The first-order chi connectivity index (χ1) is 35.5. The Morgan fingerprint density at radius 2 is 0.542 bits per heavy atom. The van der Waals surface area contributed by atoms with Crippen molar-refractivity contribution in [2.45, 2.75) is 277 Å². The third-order valence-corrected chi connectivity index (χ3v) is 12.5. The van der Waals surface area contributed by atoms with Gasteiger partial charge in [-0.25, -0.2) is 0 Å². The number of carbonyl (C=O) groups is 3. The van der Waals surface area contributed by atoms with E-state index in [-0.39, 0.29) is 31.1 Å². The molecular weight excluding hydrogens is 889 g/mol. The Morgan fingerprint density at radius 3 is 0.903 bits per heavy atom. The number of esters is 3. The van der Waals surface area contributed by atoms with Gasteiger partial charge in [-0.3, -0.25) is 14.4 Å². The maximum atomic E-state index is 12.9. The summed E-state index contributed by atoms with van der Waals surface area (Å²) < 4.78 is 16.8. The van der Waals surface area contributed by atoms with Gasteiger partial charge in [0.05, 0.1) is 0 Å². The smallest absolute Gasteiger partial charge is 0.306 e. The van der Waals surface area contributed by atoms with E-state index in [0.29, 0.717) is 19.3 Å². The second-order valence-corrected chi connectivity index (χ2v) is 19.5. The highest BCUT2D eigenvalue weighted by molar-refractivity contribution is 5.71. The third kappa shape index (κ3) is 57.0. The Hall–Kier alpha value is -3.93. The summed E-state index contributed by atoms with van der Waals surface area (Å²) in [5, 5.41) is 0. The van der Waals surface area contributed by atoms with Crippen molar-refractivity contribution >= 4 is 17.9 Å². The van der Waals surface area contributed by atoms with Gasteiger partial charge in [-0.2, -0.15) is 0 Å². The maximum absolute atomic E-state index is 12.9. The maximum Gasteiger partial charge on any atom is 0.306 e. The molecule has 0 aromatic carbocycles. The Bertz CT molecular complexity index is 1470. The molecule has 0 radical (unpaired) electrons. The fourth-order valence-electron chi connectivity index (χ4n) is 8.04. The van der Waals surface area contributed by atoms with E-state index < -0.39 is 6.10 Å². The van der Waals surface area contributed by atoms with Gasteiger partial charge in [0.15, 0.2) is 6.10 Å². The lowest BCUT2D eigenvalue weighted by atomic mass is 10.0. The van der Waals surface area contributed by atoms with Crippen LogP contribution in [0.1, 0.15) is 271 Å². The van der Waals surface area contributed by atoms with Crippen molar-refractivity contribution in [3.05, 3.63) is 109 Å². The summed E-state index contributed by atoms with van der Waals surface area (Å²) in [5.41, 5.74) is 0. The number of allylic oxidation sites excluding steroid dienone is 18. The largest absolute Gasteiger partial charge is 0.462 e. The molecule has 0 fully saturated rings. The Kier molecular flexibility index (Phi) is 56.4. The van der Waals surface area contributed by atoms with Crippen LogP contribution in [0.25, 0.3) is 0 Å². The molecule has 0 N–H and O–H groups in total. The van der Waals surface area contributed by atoms with Crippen molar-refractivity contribution in [3.63, 3.8) is 0 Å². The molecular formula is C66H110O6. The molecule has 0 bridgehead atoms. The minimum absolute atomic E-state index is 0.0968. The lowest BCUT2D eigenvalue weighted by molar-refractivity contribution is -0.167. The Labute approximate surface area is 444 Å². The van der Waals surface area contributed by atoms with Crippen LogP contribution in [-0.4, -0.2) is 37.2 Å². The van der Waals surface area contributed by atoms with E-state index in [1.54, 1.807) is 0 Å². The molecule has 0 aromatic heterocycles. The molecule has 0 spiro atoms. The van der Waals surface area contributed by atoms with Crippen LogP contribution in [0, 0.1) is 0 Å². The van der Waals surface area contributed by atoms with Crippen LogP contribution in [0.5, 0.6) is 0 Å². The fraction of sp³-hybridized carbons (Fsp3) is 0.682. The van der Waals surface area contributed by atoms with E-state index in [2.05, 4.69) is 130 Å². The molecule has 0 saturated heterocycles. The number of carbonyl (C=O) groups excluding carboxylic acids is 3. The lowest BCUT2D eigenvalue weighted by Crippen LogP contribution is -2.30. The van der Waals surface area contributed by atoms with Crippen molar-refractivity contribution in [1.29, 1.82) is 0 Å². The van der Waals surface area contributed by atoms with E-state index in [4.69, 9.17) is 14.2 Å². The second kappa shape index (κ2) is 59.6. The van der Waals surface area contributed by atoms with Gasteiger partial charge in [0.1, 0.15) is 13.2 Å². The molecule has 0 aliphatic rings. The molecule has 0 amide bonds. The highest BCUT2D eigenvalue weighted by Crippen LogP contribution is 2.15. The van der Waals surface area contributed by atoms with Crippen LogP contribution >= 0.6 is 0 Å².